The molecule has 19 nitrogen and oxygen atoms in total. The van der Waals surface area contributed by atoms with Gasteiger partial charge in [0.25, 0.3) is 5.79 Å². The Balaban J connectivity index is 1.74. The topological polar surface area (TPSA) is 326 Å². The second-order valence-electron chi connectivity index (χ2n) is 8.73. The fourth-order valence-corrected chi connectivity index (χ4v) is 4.92. The Morgan fingerprint density at radius 3 is 2.55 bits per heavy atom. The maximum atomic E-state index is 12.7. The summed E-state index contributed by atoms with van der Waals surface area (Å²) < 4.78 is 33.5. The van der Waals surface area contributed by atoms with E-state index in [0.29, 0.717) is 0 Å². The van der Waals surface area contributed by atoms with Crippen molar-refractivity contribution < 1.29 is 63.4 Å². The molecule has 2 aliphatic rings. The van der Waals surface area contributed by atoms with Gasteiger partial charge in [-0.15, -0.1) is 0 Å². The van der Waals surface area contributed by atoms with Crippen LogP contribution in [-0.2, 0) is 27.9 Å². The highest BCUT2D eigenvalue weighted by molar-refractivity contribution is 7.47. The van der Waals surface area contributed by atoms with Crippen molar-refractivity contribution in [3.8, 4) is 0 Å². The number of anilines is 1. The third-order valence-corrected chi connectivity index (χ3v) is 7.05. The van der Waals surface area contributed by atoms with Gasteiger partial charge in [-0.25, -0.2) is 18.7 Å². The SMILES string of the molecule is NC[C@@H](O)[C@@H](O)C1O[C@](OP(=O)(O)OC[C@H]2O[C@@H](n3ccc(N)nc3=O)[C@@H](O)C2O)(C(=O)O)C[C@@H](O)[C@H]1N. The number of aliphatic carboxylic acids is 1. The monoisotopic (exact) mass is 571 g/mol. The molecule has 0 radical (unpaired) electrons. The summed E-state index contributed by atoms with van der Waals surface area (Å²) in [6.07, 6.45) is -13.5. The van der Waals surface area contributed by atoms with Crippen molar-refractivity contribution in [1.82, 2.24) is 9.55 Å². The molecule has 3 heterocycles. The predicted octanol–water partition coefficient (Wildman–Crippen LogP) is -5.48. The quantitative estimate of drug-likeness (QED) is 0.117. The summed E-state index contributed by atoms with van der Waals surface area (Å²) in [7, 11) is -5.42. The van der Waals surface area contributed by atoms with E-state index in [-0.39, 0.29) is 5.82 Å². The maximum Gasteiger partial charge on any atom is 0.475 e. The molecule has 3 unspecified atom stereocenters. The van der Waals surface area contributed by atoms with Gasteiger partial charge in [0.05, 0.1) is 24.9 Å². The van der Waals surface area contributed by atoms with Gasteiger partial charge in [0.1, 0.15) is 36.3 Å². The zero-order valence-electron chi connectivity index (χ0n) is 19.5. The average Bonchev–Trinajstić information content (AvgIpc) is 3.12. The lowest BCUT2D eigenvalue weighted by Crippen LogP contribution is -2.66. The molecule has 20 heteroatoms. The number of hydrogen-bond acceptors (Lipinski definition) is 16. The summed E-state index contributed by atoms with van der Waals surface area (Å²) in [6.45, 7) is -1.46. The van der Waals surface area contributed by atoms with Gasteiger partial charge in [0, 0.05) is 19.2 Å². The van der Waals surface area contributed by atoms with Gasteiger partial charge in [0.15, 0.2) is 6.23 Å². The third kappa shape index (κ3) is 6.20. The van der Waals surface area contributed by atoms with Crippen molar-refractivity contribution in [3.05, 3.63) is 22.7 Å². The normalized spacial score (nSPS) is 36.9. The number of nitrogens with zero attached hydrogens (tertiary/aromatic N) is 2. The first-order chi connectivity index (χ1) is 17.6. The number of carboxylic acids is 1. The van der Waals surface area contributed by atoms with E-state index in [1.54, 1.807) is 0 Å². The smallest absolute Gasteiger partial charge is 0.475 e. The van der Waals surface area contributed by atoms with Crippen LogP contribution in [0.5, 0.6) is 0 Å². The van der Waals surface area contributed by atoms with E-state index in [9.17, 15) is 49.7 Å². The number of hydrogen-bond donors (Lipinski definition) is 10. The van der Waals surface area contributed by atoms with E-state index in [0.717, 1.165) is 10.8 Å². The Labute approximate surface area is 213 Å². The molecule has 0 spiro atoms. The van der Waals surface area contributed by atoms with Gasteiger partial charge in [-0.3, -0.25) is 9.09 Å². The first kappa shape index (κ1) is 30.4. The molecule has 2 aliphatic heterocycles. The highest BCUT2D eigenvalue weighted by atomic mass is 31.2. The molecule has 2 fully saturated rings. The van der Waals surface area contributed by atoms with Crippen LogP contribution in [0.2, 0.25) is 0 Å². The molecule has 1 aromatic heterocycles. The molecule has 2 saturated heterocycles. The van der Waals surface area contributed by atoms with Crippen molar-refractivity contribution in [2.75, 3.05) is 18.9 Å². The number of aliphatic hydroxyl groups excluding tert-OH is 5. The zero-order chi connectivity index (χ0) is 28.6. The Bertz CT molecular complexity index is 1110. The van der Waals surface area contributed by atoms with E-state index >= 15 is 0 Å². The Hall–Kier alpha value is -2.10. The van der Waals surface area contributed by atoms with Crippen molar-refractivity contribution in [2.45, 2.75) is 67.2 Å². The molecular formula is C18H30N5O14P. The highest BCUT2D eigenvalue weighted by Gasteiger charge is 2.58. The van der Waals surface area contributed by atoms with Gasteiger partial charge in [-0.1, -0.05) is 0 Å². The lowest BCUT2D eigenvalue weighted by molar-refractivity contribution is -0.285. The summed E-state index contributed by atoms with van der Waals surface area (Å²) in [5.41, 5.74) is 15.5. The molecule has 0 aromatic carbocycles. The van der Waals surface area contributed by atoms with E-state index in [1.807, 2.05) is 0 Å². The van der Waals surface area contributed by atoms with Crippen LogP contribution in [0.25, 0.3) is 0 Å². The fourth-order valence-electron chi connectivity index (χ4n) is 3.96. The van der Waals surface area contributed by atoms with Crippen LogP contribution >= 0.6 is 7.82 Å². The van der Waals surface area contributed by atoms with Crippen LogP contribution < -0.4 is 22.9 Å². The molecule has 1 aromatic rings. The van der Waals surface area contributed by atoms with Gasteiger partial charge >= 0.3 is 19.5 Å². The second-order valence-corrected chi connectivity index (χ2v) is 10.1. The van der Waals surface area contributed by atoms with Crippen LogP contribution in [0.3, 0.4) is 0 Å². The molecule has 13 N–H and O–H groups in total. The Morgan fingerprint density at radius 2 is 1.97 bits per heavy atom. The van der Waals surface area contributed by atoms with E-state index in [1.165, 1.54) is 6.07 Å². The van der Waals surface area contributed by atoms with Crippen LogP contribution in [-0.4, -0.2) is 119 Å². The first-order valence-electron chi connectivity index (χ1n) is 11.1. The van der Waals surface area contributed by atoms with Gasteiger partial charge in [-0.2, -0.15) is 4.98 Å². The fraction of sp³-hybridized carbons (Fsp3) is 0.722. The third-order valence-electron chi connectivity index (χ3n) is 6.05. The predicted molar refractivity (Wildman–Crippen MR) is 121 cm³/mol. The zero-order valence-corrected chi connectivity index (χ0v) is 20.4. The molecule has 0 saturated carbocycles. The lowest BCUT2D eigenvalue weighted by atomic mass is 9.89. The average molecular weight is 571 g/mol. The van der Waals surface area contributed by atoms with Gasteiger partial charge in [-0.05, 0) is 6.07 Å². The minimum Gasteiger partial charge on any atom is -0.477 e. The molecule has 3 rings (SSSR count). The molecule has 0 amide bonds. The number of aliphatic hydroxyl groups is 5. The number of aromatic nitrogens is 2. The van der Waals surface area contributed by atoms with Gasteiger partial charge < -0.3 is 62.2 Å². The molecule has 0 bridgehead atoms. The molecule has 216 valence electrons. The number of ether oxygens (including phenoxy) is 2. The van der Waals surface area contributed by atoms with Crippen LogP contribution in [0.4, 0.5) is 5.82 Å². The standard InChI is InChI=1S/C18H30N5O14P/c19-4-7(25)11(26)14-10(21)6(24)3-18(36-14,16(29)30)37-38(32,33)34-5-8-12(27)13(28)15(35-8)23-2-1-9(20)22-17(23)31/h1-2,6-8,10-15,24-28H,3-5,19,21H2,(H,29,30)(H,32,33)(H2,20,22,31)/t6-,7-,8-,10-,11-,12?,13+,14?,15-,18-/m1/s1. The number of phosphoric acid groups is 1. The molecule has 11 atom stereocenters. The minimum atomic E-state index is -5.42. The number of phosphoric ester groups is 1. The number of carboxylic acid groups (broad SMARTS) is 1. The van der Waals surface area contributed by atoms with Crippen LogP contribution in [0.15, 0.2) is 17.1 Å². The van der Waals surface area contributed by atoms with E-state index in [4.69, 9.17) is 35.7 Å². The van der Waals surface area contributed by atoms with Crippen molar-refractivity contribution in [2.24, 2.45) is 11.5 Å². The summed E-state index contributed by atoms with van der Waals surface area (Å²) in [5, 5.41) is 60.6. The van der Waals surface area contributed by atoms with Crippen molar-refractivity contribution in [1.29, 1.82) is 0 Å². The number of rotatable bonds is 10. The summed E-state index contributed by atoms with van der Waals surface area (Å²) >= 11 is 0. The summed E-state index contributed by atoms with van der Waals surface area (Å²) in [6, 6.07) is -0.233. The Morgan fingerprint density at radius 1 is 1.32 bits per heavy atom. The molecule has 0 aliphatic carbocycles. The lowest BCUT2D eigenvalue weighted by Gasteiger charge is -2.45. The highest BCUT2D eigenvalue weighted by Crippen LogP contribution is 2.51. The molecular weight excluding hydrogens is 541 g/mol. The second kappa shape index (κ2) is 11.6. The summed E-state index contributed by atoms with van der Waals surface area (Å²) in [4.78, 5) is 37.7. The van der Waals surface area contributed by atoms with Crippen molar-refractivity contribution >= 4 is 19.6 Å². The van der Waals surface area contributed by atoms with E-state index < -0.39 is 99.8 Å². The van der Waals surface area contributed by atoms with Crippen LogP contribution in [0, 0.1) is 0 Å². The molecule has 38 heavy (non-hydrogen) atoms. The van der Waals surface area contributed by atoms with Crippen LogP contribution in [0.1, 0.15) is 12.6 Å². The largest absolute Gasteiger partial charge is 0.477 e. The summed E-state index contributed by atoms with van der Waals surface area (Å²) in [5.74, 6) is -5.21. The maximum absolute atomic E-state index is 12.7. The minimum absolute atomic E-state index is 0.117. The number of nitrogens with two attached hydrogens (primary N) is 3. The number of carbonyl (C=O) groups is 1. The first-order valence-corrected chi connectivity index (χ1v) is 12.6. The van der Waals surface area contributed by atoms with E-state index in [2.05, 4.69) is 4.98 Å². The number of nitrogen functional groups attached to an aromatic ring is 1. The Kier molecular flexibility index (Phi) is 9.26. The van der Waals surface area contributed by atoms with Crippen molar-refractivity contribution in [3.63, 3.8) is 0 Å². The van der Waals surface area contributed by atoms with Gasteiger partial charge in [0.2, 0.25) is 0 Å².